The number of ketones is 1. The van der Waals surface area contributed by atoms with Crippen LogP contribution in [0.5, 0.6) is 0 Å². The van der Waals surface area contributed by atoms with Crippen LogP contribution in [-0.2, 0) is 9.59 Å². The number of carboxylic acids is 1. The Balaban J connectivity index is 2.78. The van der Waals surface area contributed by atoms with E-state index in [0.29, 0.717) is 5.56 Å². The molecule has 1 amide bonds. The van der Waals surface area contributed by atoms with Crippen LogP contribution in [0, 0.1) is 0 Å². The molecule has 1 aromatic carbocycles. The number of hydrogen-bond acceptors (Lipinski definition) is 3. The zero-order valence-corrected chi connectivity index (χ0v) is 11.2. The summed E-state index contributed by atoms with van der Waals surface area (Å²) in [4.78, 5) is 33.6. The summed E-state index contributed by atoms with van der Waals surface area (Å²) in [5.41, 5.74) is 0.404. The Bertz CT molecular complexity index is 487. The van der Waals surface area contributed by atoms with Crippen LogP contribution in [0.3, 0.4) is 0 Å². The van der Waals surface area contributed by atoms with Crippen LogP contribution in [0.4, 0.5) is 0 Å². The van der Waals surface area contributed by atoms with Gasteiger partial charge in [0.2, 0.25) is 5.91 Å². The average Bonchev–Trinajstić information content (AvgIpc) is 2.27. The van der Waals surface area contributed by atoms with Crippen LogP contribution in [0.1, 0.15) is 23.7 Å². The largest absolute Gasteiger partial charge is 0.480 e. The summed E-state index contributed by atoms with van der Waals surface area (Å²) in [7, 11) is 0. The van der Waals surface area contributed by atoms with Crippen LogP contribution < -0.4 is 5.32 Å². The van der Waals surface area contributed by atoms with Crippen molar-refractivity contribution in [1.29, 1.82) is 0 Å². The van der Waals surface area contributed by atoms with Crippen LogP contribution >= 0.6 is 15.9 Å². The highest BCUT2D eigenvalue weighted by Gasteiger charge is 2.22. The first-order chi connectivity index (χ1) is 8.40. The van der Waals surface area contributed by atoms with E-state index in [2.05, 4.69) is 21.2 Å². The minimum atomic E-state index is -1.23. The Kier molecular flexibility index (Phi) is 5.03. The molecule has 0 aliphatic heterocycles. The molecule has 0 aliphatic rings. The van der Waals surface area contributed by atoms with E-state index in [0.717, 1.165) is 4.47 Å². The number of aliphatic carboxylic acids is 1. The smallest absolute Gasteiger partial charge is 0.326 e. The number of carboxylic acid groups (broad SMARTS) is 1. The highest BCUT2D eigenvalue weighted by atomic mass is 79.9. The van der Waals surface area contributed by atoms with E-state index < -0.39 is 17.9 Å². The maximum absolute atomic E-state index is 11.9. The molecular weight excluding hydrogens is 302 g/mol. The summed E-state index contributed by atoms with van der Waals surface area (Å²) >= 11 is 3.23. The number of nitrogens with one attached hydrogen (secondary N) is 1. The highest BCUT2D eigenvalue weighted by Crippen LogP contribution is 2.14. The van der Waals surface area contributed by atoms with E-state index in [9.17, 15) is 14.4 Å². The van der Waals surface area contributed by atoms with Gasteiger partial charge in [0.25, 0.3) is 0 Å². The monoisotopic (exact) mass is 313 g/mol. The molecule has 0 saturated heterocycles. The zero-order chi connectivity index (χ0) is 13.7. The van der Waals surface area contributed by atoms with Gasteiger partial charge in [-0.05, 0) is 12.1 Å². The van der Waals surface area contributed by atoms with Crippen molar-refractivity contribution in [2.75, 3.05) is 0 Å². The van der Waals surface area contributed by atoms with E-state index in [1.807, 2.05) is 0 Å². The summed E-state index contributed by atoms with van der Waals surface area (Å²) in [6.45, 7) is 1.21. The Morgan fingerprint density at radius 1 is 1.39 bits per heavy atom. The number of Topliss-reactive ketones (excluding diaryl/α,β-unsaturated/α-hetero) is 1. The molecule has 1 aromatic rings. The Morgan fingerprint density at radius 2 is 2.06 bits per heavy atom. The van der Waals surface area contributed by atoms with Crippen molar-refractivity contribution >= 4 is 33.6 Å². The molecule has 1 unspecified atom stereocenters. The molecule has 0 radical (unpaired) electrons. The van der Waals surface area contributed by atoms with Gasteiger partial charge in [-0.15, -0.1) is 0 Å². The maximum Gasteiger partial charge on any atom is 0.326 e. The summed E-state index contributed by atoms with van der Waals surface area (Å²) in [6.07, 6.45) is -0.272. The lowest BCUT2D eigenvalue weighted by Crippen LogP contribution is -2.41. The van der Waals surface area contributed by atoms with Crippen LogP contribution in [0.2, 0.25) is 0 Å². The summed E-state index contributed by atoms with van der Waals surface area (Å²) in [5.74, 6) is -2.05. The lowest BCUT2D eigenvalue weighted by atomic mass is 10.0. The van der Waals surface area contributed by atoms with Crippen molar-refractivity contribution in [3.8, 4) is 0 Å². The van der Waals surface area contributed by atoms with E-state index in [1.165, 1.54) is 6.92 Å². The third-order valence-corrected chi connectivity index (χ3v) is 2.70. The molecule has 0 fully saturated rings. The normalized spacial score (nSPS) is 11.7. The zero-order valence-electron chi connectivity index (χ0n) is 9.64. The molecule has 0 aromatic heterocycles. The van der Waals surface area contributed by atoms with Crippen molar-refractivity contribution in [2.24, 2.45) is 0 Å². The van der Waals surface area contributed by atoms with Crippen molar-refractivity contribution in [3.05, 3.63) is 34.3 Å². The molecule has 2 N–H and O–H groups in total. The van der Waals surface area contributed by atoms with Gasteiger partial charge in [-0.2, -0.15) is 0 Å². The molecule has 18 heavy (non-hydrogen) atoms. The second-order valence-corrected chi connectivity index (χ2v) is 4.64. The van der Waals surface area contributed by atoms with E-state index in [4.69, 9.17) is 5.11 Å². The van der Waals surface area contributed by atoms with Gasteiger partial charge in [-0.25, -0.2) is 4.79 Å². The fraction of sp³-hybridized carbons (Fsp3) is 0.250. The van der Waals surface area contributed by atoms with Gasteiger partial charge in [-0.3, -0.25) is 9.59 Å². The summed E-state index contributed by atoms with van der Waals surface area (Å²) in [5, 5.41) is 11.1. The van der Waals surface area contributed by atoms with Crippen molar-refractivity contribution in [3.63, 3.8) is 0 Å². The molecule has 0 heterocycles. The predicted octanol–water partition coefficient (Wildman–Crippen LogP) is 1.61. The van der Waals surface area contributed by atoms with Crippen molar-refractivity contribution in [1.82, 2.24) is 5.32 Å². The number of halogens is 1. The molecule has 1 atom stereocenters. The van der Waals surface area contributed by atoms with Gasteiger partial charge >= 0.3 is 5.97 Å². The quantitative estimate of drug-likeness (QED) is 0.809. The lowest BCUT2D eigenvalue weighted by Gasteiger charge is -2.12. The molecule has 0 saturated carbocycles. The standard InChI is InChI=1S/C12H12BrNO4/c1-7(15)14-10(12(17)18)6-11(16)8-3-2-4-9(13)5-8/h2-5,10H,6H2,1H3,(H,14,15)(H,17,18). The second kappa shape index (κ2) is 6.30. The van der Waals surface area contributed by atoms with Gasteiger partial charge in [-0.1, -0.05) is 28.1 Å². The molecule has 0 aliphatic carbocycles. The lowest BCUT2D eigenvalue weighted by molar-refractivity contribution is -0.141. The molecule has 1 rings (SSSR count). The second-order valence-electron chi connectivity index (χ2n) is 3.73. The molecular formula is C12H12BrNO4. The van der Waals surface area contributed by atoms with Crippen LogP contribution in [0.15, 0.2) is 28.7 Å². The molecule has 96 valence electrons. The van der Waals surface area contributed by atoms with Gasteiger partial charge in [0.1, 0.15) is 6.04 Å². The molecule has 0 spiro atoms. The van der Waals surface area contributed by atoms with Gasteiger partial charge in [0, 0.05) is 23.4 Å². The highest BCUT2D eigenvalue weighted by molar-refractivity contribution is 9.10. The Morgan fingerprint density at radius 3 is 2.56 bits per heavy atom. The first-order valence-corrected chi connectivity index (χ1v) is 5.98. The van der Waals surface area contributed by atoms with Crippen LogP contribution in [-0.4, -0.2) is 28.8 Å². The van der Waals surface area contributed by atoms with Crippen LogP contribution in [0.25, 0.3) is 0 Å². The van der Waals surface area contributed by atoms with Gasteiger partial charge in [0.05, 0.1) is 0 Å². The van der Waals surface area contributed by atoms with Gasteiger partial charge in [0.15, 0.2) is 5.78 Å². The SMILES string of the molecule is CC(=O)NC(CC(=O)c1cccc(Br)c1)C(=O)O. The van der Waals surface area contributed by atoms with E-state index in [-0.39, 0.29) is 12.2 Å². The molecule has 6 heteroatoms. The topological polar surface area (TPSA) is 83.5 Å². The number of carbonyl (C=O) groups excluding carboxylic acids is 2. The molecule has 5 nitrogen and oxygen atoms in total. The Labute approximate surface area is 112 Å². The average molecular weight is 314 g/mol. The predicted molar refractivity (Wildman–Crippen MR) is 68.3 cm³/mol. The third-order valence-electron chi connectivity index (χ3n) is 2.21. The summed E-state index contributed by atoms with van der Waals surface area (Å²) < 4.78 is 0.736. The number of carbonyl (C=O) groups is 3. The van der Waals surface area contributed by atoms with E-state index in [1.54, 1.807) is 24.3 Å². The fourth-order valence-electron chi connectivity index (χ4n) is 1.41. The first-order valence-electron chi connectivity index (χ1n) is 5.19. The first kappa shape index (κ1) is 14.4. The Hall–Kier alpha value is -1.69. The maximum atomic E-state index is 11.9. The minimum Gasteiger partial charge on any atom is -0.480 e. The summed E-state index contributed by atoms with van der Waals surface area (Å²) in [6, 6.07) is 5.45. The number of rotatable bonds is 5. The number of hydrogen-bond donors (Lipinski definition) is 2. The molecule has 0 bridgehead atoms. The van der Waals surface area contributed by atoms with Crippen molar-refractivity contribution < 1.29 is 19.5 Å². The van der Waals surface area contributed by atoms with E-state index >= 15 is 0 Å². The minimum absolute atomic E-state index is 0.272. The van der Waals surface area contributed by atoms with Gasteiger partial charge < -0.3 is 10.4 Å². The fourth-order valence-corrected chi connectivity index (χ4v) is 1.81. The number of benzene rings is 1. The number of amides is 1. The third kappa shape index (κ3) is 4.29. The van der Waals surface area contributed by atoms with Crippen molar-refractivity contribution in [2.45, 2.75) is 19.4 Å².